The van der Waals surface area contributed by atoms with Gasteiger partial charge in [0.15, 0.2) is 0 Å². The van der Waals surface area contributed by atoms with Gasteiger partial charge in [-0.3, -0.25) is 4.79 Å². The van der Waals surface area contributed by atoms with Gasteiger partial charge in [0, 0.05) is 18.0 Å². The molecule has 3 nitrogen and oxygen atoms in total. The monoisotopic (exact) mass is 198 g/mol. The lowest BCUT2D eigenvalue weighted by molar-refractivity contribution is -0.126. The molecule has 0 aromatic carbocycles. The van der Waals surface area contributed by atoms with Crippen LogP contribution in [0, 0.1) is 11.8 Å². The van der Waals surface area contributed by atoms with Crippen molar-refractivity contribution in [1.29, 1.82) is 0 Å². The zero-order valence-corrected chi connectivity index (χ0v) is 9.47. The molecule has 1 amide bonds. The average Bonchev–Trinajstić information content (AvgIpc) is 2.46. The summed E-state index contributed by atoms with van der Waals surface area (Å²) in [6.45, 7) is 6.57. The summed E-state index contributed by atoms with van der Waals surface area (Å²) in [5.41, 5.74) is 5.49. The number of hydrogen-bond donors (Lipinski definition) is 2. The molecule has 0 saturated heterocycles. The van der Waals surface area contributed by atoms with Crippen LogP contribution < -0.4 is 11.1 Å². The van der Waals surface area contributed by atoms with Gasteiger partial charge < -0.3 is 11.1 Å². The molecule has 1 saturated carbocycles. The number of nitrogens with two attached hydrogens (primary N) is 1. The summed E-state index contributed by atoms with van der Waals surface area (Å²) in [5, 5.41) is 2.93. The van der Waals surface area contributed by atoms with Crippen molar-refractivity contribution in [3.05, 3.63) is 0 Å². The summed E-state index contributed by atoms with van der Waals surface area (Å²) in [6.07, 6.45) is 3.41. The van der Waals surface area contributed by atoms with Crippen LogP contribution in [-0.4, -0.2) is 18.0 Å². The number of carbonyl (C=O) groups excluding carboxylic acids is 1. The van der Waals surface area contributed by atoms with E-state index in [-0.39, 0.29) is 17.4 Å². The number of nitrogens with one attached hydrogen (secondary N) is 1. The lowest BCUT2D eigenvalue weighted by Crippen LogP contribution is -2.46. The van der Waals surface area contributed by atoms with Gasteiger partial charge in [-0.15, -0.1) is 0 Å². The summed E-state index contributed by atoms with van der Waals surface area (Å²) in [5.74, 6) is 0.946. The van der Waals surface area contributed by atoms with Crippen LogP contribution >= 0.6 is 0 Å². The Balaban J connectivity index is 2.35. The molecule has 0 aromatic rings. The van der Waals surface area contributed by atoms with Crippen molar-refractivity contribution < 1.29 is 4.79 Å². The number of carbonyl (C=O) groups is 1. The Hall–Kier alpha value is -0.570. The summed E-state index contributed by atoms with van der Waals surface area (Å²) >= 11 is 0. The normalized spacial score (nSPS) is 27.7. The van der Waals surface area contributed by atoms with Crippen molar-refractivity contribution in [2.75, 3.05) is 6.54 Å². The van der Waals surface area contributed by atoms with Crippen molar-refractivity contribution in [2.24, 2.45) is 17.6 Å². The van der Waals surface area contributed by atoms with Gasteiger partial charge in [0.05, 0.1) is 0 Å². The van der Waals surface area contributed by atoms with Gasteiger partial charge >= 0.3 is 0 Å². The van der Waals surface area contributed by atoms with Gasteiger partial charge in [-0.25, -0.2) is 0 Å². The van der Waals surface area contributed by atoms with Crippen LogP contribution in [0.15, 0.2) is 0 Å². The third-order valence-electron chi connectivity index (χ3n) is 2.92. The van der Waals surface area contributed by atoms with Crippen molar-refractivity contribution in [3.8, 4) is 0 Å². The molecule has 2 atom stereocenters. The molecular weight excluding hydrogens is 176 g/mol. The van der Waals surface area contributed by atoms with Crippen LogP contribution in [0.4, 0.5) is 0 Å². The lowest BCUT2D eigenvalue weighted by Gasteiger charge is -2.21. The first-order valence-corrected chi connectivity index (χ1v) is 5.47. The van der Waals surface area contributed by atoms with Crippen molar-refractivity contribution in [1.82, 2.24) is 5.32 Å². The van der Waals surface area contributed by atoms with E-state index in [0.29, 0.717) is 12.5 Å². The fourth-order valence-corrected chi connectivity index (χ4v) is 1.98. The van der Waals surface area contributed by atoms with Crippen molar-refractivity contribution in [3.63, 3.8) is 0 Å². The number of hydrogen-bond acceptors (Lipinski definition) is 2. The van der Waals surface area contributed by atoms with Crippen molar-refractivity contribution >= 4 is 5.91 Å². The van der Waals surface area contributed by atoms with Gasteiger partial charge in [0.25, 0.3) is 0 Å². The van der Waals surface area contributed by atoms with Gasteiger partial charge in [0.1, 0.15) is 0 Å². The van der Waals surface area contributed by atoms with Crippen molar-refractivity contribution in [2.45, 2.75) is 45.6 Å². The minimum atomic E-state index is -0.308. The zero-order chi connectivity index (χ0) is 10.8. The largest absolute Gasteiger partial charge is 0.354 e. The second-order valence-electron chi connectivity index (χ2n) is 5.22. The van der Waals surface area contributed by atoms with Gasteiger partial charge in [-0.05, 0) is 32.6 Å². The molecule has 3 N–H and O–H groups in total. The third-order valence-corrected chi connectivity index (χ3v) is 2.92. The van der Waals surface area contributed by atoms with Crippen LogP contribution in [0.5, 0.6) is 0 Å². The summed E-state index contributed by atoms with van der Waals surface area (Å²) in [6, 6.07) is 0. The Bertz CT molecular complexity index is 208. The predicted molar refractivity (Wildman–Crippen MR) is 57.8 cm³/mol. The highest BCUT2D eigenvalue weighted by molar-refractivity contribution is 5.79. The van der Waals surface area contributed by atoms with E-state index in [1.807, 2.05) is 13.8 Å². The number of rotatable bonds is 3. The Labute approximate surface area is 86.4 Å². The molecule has 0 bridgehead atoms. The first-order chi connectivity index (χ1) is 6.40. The highest BCUT2D eigenvalue weighted by Gasteiger charge is 2.29. The molecule has 1 rings (SSSR count). The second-order valence-corrected chi connectivity index (χ2v) is 5.22. The first kappa shape index (κ1) is 11.5. The van der Waals surface area contributed by atoms with Crippen LogP contribution in [0.25, 0.3) is 0 Å². The van der Waals surface area contributed by atoms with Crippen LogP contribution in [0.3, 0.4) is 0 Å². The fraction of sp³-hybridized carbons (Fsp3) is 0.909. The standard InChI is InChI=1S/C11H22N2O/c1-8-5-4-6-9(8)10(14)13-7-11(2,3)12/h8-9H,4-7,12H2,1-3H3,(H,13,14). The number of amides is 1. The molecular formula is C11H22N2O. The van der Waals surface area contributed by atoms with Crippen LogP contribution in [0.2, 0.25) is 0 Å². The molecule has 2 unspecified atom stereocenters. The van der Waals surface area contributed by atoms with E-state index in [4.69, 9.17) is 5.73 Å². The smallest absolute Gasteiger partial charge is 0.223 e. The van der Waals surface area contributed by atoms with Gasteiger partial charge in [-0.1, -0.05) is 13.3 Å². The highest BCUT2D eigenvalue weighted by atomic mass is 16.1. The molecule has 3 heteroatoms. The second kappa shape index (κ2) is 4.30. The van der Waals surface area contributed by atoms with E-state index in [0.717, 1.165) is 6.42 Å². The molecule has 1 aliphatic rings. The van der Waals surface area contributed by atoms with E-state index in [1.54, 1.807) is 0 Å². The Morgan fingerprint density at radius 1 is 1.50 bits per heavy atom. The maximum absolute atomic E-state index is 11.7. The lowest BCUT2D eigenvalue weighted by atomic mass is 9.97. The predicted octanol–water partition coefficient (Wildman–Crippen LogP) is 1.28. The summed E-state index contributed by atoms with van der Waals surface area (Å²) in [7, 11) is 0. The molecule has 0 radical (unpaired) electrons. The van der Waals surface area contributed by atoms with Gasteiger partial charge in [-0.2, -0.15) is 0 Å². The molecule has 0 aliphatic heterocycles. The van der Waals surface area contributed by atoms with E-state index >= 15 is 0 Å². The van der Waals surface area contributed by atoms with Crippen LogP contribution in [0.1, 0.15) is 40.0 Å². The quantitative estimate of drug-likeness (QED) is 0.717. The minimum absolute atomic E-state index is 0.188. The molecule has 0 spiro atoms. The molecule has 0 heterocycles. The molecule has 14 heavy (non-hydrogen) atoms. The third kappa shape index (κ3) is 3.29. The topological polar surface area (TPSA) is 55.1 Å². The van der Waals surface area contributed by atoms with E-state index in [2.05, 4.69) is 12.2 Å². The molecule has 1 aliphatic carbocycles. The van der Waals surface area contributed by atoms with E-state index in [9.17, 15) is 4.79 Å². The average molecular weight is 198 g/mol. The maximum atomic E-state index is 11.7. The molecule has 82 valence electrons. The Kier molecular flexibility index (Phi) is 3.53. The molecule has 0 aromatic heterocycles. The summed E-state index contributed by atoms with van der Waals surface area (Å²) in [4.78, 5) is 11.7. The highest BCUT2D eigenvalue weighted by Crippen LogP contribution is 2.31. The van der Waals surface area contributed by atoms with E-state index in [1.165, 1.54) is 12.8 Å². The Morgan fingerprint density at radius 3 is 2.57 bits per heavy atom. The Morgan fingerprint density at radius 2 is 2.14 bits per heavy atom. The van der Waals surface area contributed by atoms with Gasteiger partial charge in [0.2, 0.25) is 5.91 Å². The SMILES string of the molecule is CC1CCCC1C(=O)NCC(C)(C)N. The fourth-order valence-electron chi connectivity index (χ4n) is 1.98. The minimum Gasteiger partial charge on any atom is -0.354 e. The van der Waals surface area contributed by atoms with Crippen LogP contribution in [-0.2, 0) is 4.79 Å². The van der Waals surface area contributed by atoms with E-state index < -0.39 is 0 Å². The zero-order valence-electron chi connectivity index (χ0n) is 9.47. The molecule has 1 fully saturated rings. The maximum Gasteiger partial charge on any atom is 0.223 e. The first-order valence-electron chi connectivity index (χ1n) is 5.47. The summed E-state index contributed by atoms with van der Waals surface area (Å²) < 4.78 is 0.